The third-order valence-electron chi connectivity index (χ3n) is 3.96. The van der Waals surface area contributed by atoms with Crippen LogP contribution in [0.5, 0.6) is 5.75 Å². The molecule has 0 bridgehead atoms. The Morgan fingerprint density at radius 1 is 1.17 bits per heavy atom. The summed E-state index contributed by atoms with van der Waals surface area (Å²) in [5, 5.41) is 13.9. The fraction of sp³-hybridized carbons (Fsp3) is 0.444. The van der Waals surface area contributed by atoms with Crippen LogP contribution in [0.4, 0.5) is 5.69 Å². The van der Waals surface area contributed by atoms with Gasteiger partial charge in [0.15, 0.2) is 0 Å². The van der Waals surface area contributed by atoms with Gasteiger partial charge in [-0.3, -0.25) is 4.79 Å². The number of carboxylic acids is 1. The minimum Gasteiger partial charge on any atom is -0.550 e. The van der Waals surface area contributed by atoms with Crippen LogP contribution in [-0.2, 0) is 9.59 Å². The van der Waals surface area contributed by atoms with E-state index in [9.17, 15) is 14.7 Å². The number of carbonyl (C=O) groups excluding carboxylic acids is 2. The highest BCUT2D eigenvalue weighted by Gasteiger charge is 2.29. The molecule has 0 aliphatic heterocycles. The second kappa shape index (κ2) is 8.36. The molecule has 1 amide bonds. The average Bonchev–Trinajstić information content (AvgIpc) is 2.56. The van der Waals surface area contributed by atoms with Gasteiger partial charge in [0.1, 0.15) is 5.75 Å². The first-order valence-electron chi connectivity index (χ1n) is 8.01. The summed E-state index contributed by atoms with van der Waals surface area (Å²) in [5.74, 6) is -2.07. The molecule has 1 N–H and O–H groups in total. The molecule has 0 fully saturated rings. The van der Waals surface area contributed by atoms with Gasteiger partial charge in [0.2, 0.25) is 5.91 Å². The van der Waals surface area contributed by atoms with Crippen LogP contribution >= 0.6 is 0 Å². The molecule has 1 aromatic rings. The molecule has 23 heavy (non-hydrogen) atoms. The maximum absolute atomic E-state index is 12.3. The van der Waals surface area contributed by atoms with Crippen molar-refractivity contribution in [1.29, 1.82) is 0 Å². The largest absolute Gasteiger partial charge is 0.550 e. The number of hydrogen-bond acceptors (Lipinski definition) is 4. The maximum atomic E-state index is 12.3. The van der Waals surface area contributed by atoms with Crippen LogP contribution in [0, 0.1) is 11.8 Å². The molecule has 0 radical (unpaired) electrons. The molecule has 0 saturated carbocycles. The normalized spacial score (nSPS) is 20.0. The van der Waals surface area contributed by atoms with E-state index in [1.807, 2.05) is 6.08 Å². The molecule has 2 atom stereocenters. The number of carboxylic acid groups (broad SMARTS) is 1. The maximum Gasteiger partial charge on any atom is 0.228 e. The number of nitrogens with one attached hydrogen (secondary N) is 1. The summed E-state index contributed by atoms with van der Waals surface area (Å²) in [6, 6.07) is 7.10. The van der Waals surface area contributed by atoms with E-state index in [0.29, 0.717) is 25.1 Å². The van der Waals surface area contributed by atoms with E-state index in [4.69, 9.17) is 4.74 Å². The van der Waals surface area contributed by atoms with Gasteiger partial charge < -0.3 is 20.0 Å². The number of amides is 1. The molecular formula is C18H22NO4-. The first-order valence-corrected chi connectivity index (χ1v) is 8.01. The zero-order chi connectivity index (χ0) is 16.7. The lowest BCUT2D eigenvalue weighted by atomic mass is 9.82. The average molecular weight is 316 g/mol. The minimum absolute atomic E-state index is 0.289. The van der Waals surface area contributed by atoms with Crippen molar-refractivity contribution < 1.29 is 19.4 Å². The summed E-state index contributed by atoms with van der Waals surface area (Å²) < 4.78 is 5.56. The number of ether oxygens (including phenoxy) is 1. The second-order valence-corrected chi connectivity index (χ2v) is 5.69. The monoisotopic (exact) mass is 316 g/mol. The molecule has 0 aromatic heterocycles. The Morgan fingerprint density at radius 2 is 1.83 bits per heavy atom. The van der Waals surface area contributed by atoms with Crippen molar-refractivity contribution >= 4 is 17.6 Å². The van der Waals surface area contributed by atoms with Crippen LogP contribution in [0.1, 0.15) is 32.6 Å². The molecule has 0 saturated heterocycles. The molecule has 5 nitrogen and oxygen atoms in total. The van der Waals surface area contributed by atoms with Crippen molar-refractivity contribution in [2.24, 2.45) is 11.8 Å². The minimum atomic E-state index is -1.17. The number of allylic oxidation sites excluding steroid dienone is 2. The van der Waals surface area contributed by atoms with Crippen molar-refractivity contribution in [1.82, 2.24) is 0 Å². The molecule has 124 valence electrons. The Balaban J connectivity index is 1.94. The molecule has 1 aromatic carbocycles. The highest BCUT2D eigenvalue weighted by Crippen LogP contribution is 2.27. The van der Waals surface area contributed by atoms with E-state index in [1.165, 1.54) is 0 Å². The summed E-state index contributed by atoms with van der Waals surface area (Å²) in [6.45, 7) is 2.77. The van der Waals surface area contributed by atoms with Crippen LogP contribution in [-0.4, -0.2) is 18.5 Å². The lowest BCUT2D eigenvalue weighted by Gasteiger charge is -2.28. The van der Waals surface area contributed by atoms with Gasteiger partial charge in [-0.2, -0.15) is 0 Å². The quantitative estimate of drug-likeness (QED) is 0.617. The van der Waals surface area contributed by atoms with Crippen LogP contribution in [0.3, 0.4) is 0 Å². The lowest BCUT2D eigenvalue weighted by Crippen LogP contribution is -2.41. The molecule has 1 aliphatic rings. The van der Waals surface area contributed by atoms with E-state index in [2.05, 4.69) is 12.2 Å². The smallest absolute Gasteiger partial charge is 0.228 e. The standard InChI is InChI=1S/C18H23NO4/c1-2-3-12-23-14-10-8-13(9-11-14)19-17(20)15-6-4-5-7-16(15)18(21)22/h4-5,8-11,15-16H,2-3,6-7,12H2,1H3,(H,19,20)(H,21,22)/p-1/t15-,16-/m0/s1. The second-order valence-electron chi connectivity index (χ2n) is 5.69. The number of aliphatic carboxylic acids is 1. The highest BCUT2D eigenvalue weighted by atomic mass is 16.5. The summed E-state index contributed by atoms with van der Waals surface area (Å²) >= 11 is 0. The summed E-state index contributed by atoms with van der Waals surface area (Å²) in [4.78, 5) is 23.5. The fourth-order valence-corrected chi connectivity index (χ4v) is 2.57. The van der Waals surface area contributed by atoms with Gasteiger partial charge in [-0.1, -0.05) is 25.5 Å². The molecule has 0 unspecified atom stereocenters. The van der Waals surface area contributed by atoms with Crippen LogP contribution in [0.15, 0.2) is 36.4 Å². The Kier molecular flexibility index (Phi) is 6.20. The van der Waals surface area contributed by atoms with Crippen molar-refractivity contribution in [3.05, 3.63) is 36.4 Å². The first kappa shape index (κ1) is 17.1. The van der Waals surface area contributed by atoms with Gasteiger partial charge in [-0.15, -0.1) is 0 Å². The zero-order valence-electron chi connectivity index (χ0n) is 13.3. The van der Waals surface area contributed by atoms with Crippen molar-refractivity contribution in [2.45, 2.75) is 32.6 Å². The predicted octanol–water partition coefficient (Wildman–Crippen LogP) is 2.14. The van der Waals surface area contributed by atoms with Crippen LogP contribution in [0.25, 0.3) is 0 Å². The number of hydrogen-bond donors (Lipinski definition) is 1. The molecule has 1 aliphatic carbocycles. The number of rotatable bonds is 7. The molecule has 0 spiro atoms. The van der Waals surface area contributed by atoms with Crippen molar-refractivity contribution in [2.75, 3.05) is 11.9 Å². The fourth-order valence-electron chi connectivity index (χ4n) is 2.57. The molecule has 0 heterocycles. The highest BCUT2D eigenvalue weighted by molar-refractivity contribution is 5.95. The third-order valence-corrected chi connectivity index (χ3v) is 3.96. The van der Waals surface area contributed by atoms with Crippen LogP contribution in [0.2, 0.25) is 0 Å². The molecule has 5 heteroatoms. The van der Waals surface area contributed by atoms with Gasteiger partial charge in [-0.05, 0) is 43.5 Å². The zero-order valence-corrected chi connectivity index (χ0v) is 13.3. The third kappa shape index (κ3) is 4.84. The number of unbranched alkanes of at least 4 members (excludes halogenated alkanes) is 1. The summed E-state index contributed by atoms with van der Waals surface area (Å²) in [7, 11) is 0. The Hall–Kier alpha value is -2.30. The SMILES string of the molecule is CCCCOc1ccc(NC(=O)[C@H]2CC=CC[C@@H]2C(=O)[O-])cc1. The van der Waals surface area contributed by atoms with Gasteiger partial charge in [0, 0.05) is 17.6 Å². The van der Waals surface area contributed by atoms with Crippen LogP contribution < -0.4 is 15.2 Å². The van der Waals surface area contributed by atoms with E-state index in [-0.39, 0.29) is 5.91 Å². The number of carbonyl (C=O) groups is 2. The topological polar surface area (TPSA) is 78.5 Å². The first-order chi connectivity index (χ1) is 11.1. The van der Waals surface area contributed by atoms with E-state index >= 15 is 0 Å². The summed E-state index contributed by atoms with van der Waals surface area (Å²) in [6.07, 6.45) is 6.45. The van der Waals surface area contributed by atoms with Gasteiger partial charge in [-0.25, -0.2) is 0 Å². The van der Waals surface area contributed by atoms with Gasteiger partial charge in [0.05, 0.1) is 12.5 Å². The van der Waals surface area contributed by atoms with E-state index < -0.39 is 17.8 Å². The molecule has 2 rings (SSSR count). The Morgan fingerprint density at radius 3 is 2.43 bits per heavy atom. The van der Waals surface area contributed by atoms with E-state index in [1.54, 1.807) is 30.3 Å². The molecular weight excluding hydrogens is 294 g/mol. The predicted molar refractivity (Wildman–Crippen MR) is 85.8 cm³/mol. The van der Waals surface area contributed by atoms with E-state index in [0.717, 1.165) is 18.6 Å². The lowest BCUT2D eigenvalue weighted by molar-refractivity contribution is -0.313. The van der Waals surface area contributed by atoms with Gasteiger partial charge >= 0.3 is 0 Å². The van der Waals surface area contributed by atoms with Crippen molar-refractivity contribution in [3.63, 3.8) is 0 Å². The Labute approximate surface area is 136 Å². The van der Waals surface area contributed by atoms with Gasteiger partial charge in [0.25, 0.3) is 0 Å². The number of benzene rings is 1. The summed E-state index contributed by atoms with van der Waals surface area (Å²) in [5.41, 5.74) is 0.629. The number of anilines is 1. The van der Waals surface area contributed by atoms with Crippen molar-refractivity contribution in [3.8, 4) is 5.75 Å². The Bertz CT molecular complexity index is 565.